The van der Waals surface area contributed by atoms with E-state index in [0.717, 1.165) is 0 Å². The molecule has 1 aromatic heterocycles. The Hall–Kier alpha value is -2.61. The predicted octanol–water partition coefficient (Wildman–Crippen LogP) is 1.34. The molecule has 17 heavy (non-hydrogen) atoms. The van der Waals surface area contributed by atoms with Crippen molar-refractivity contribution >= 4 is 16.9 Å². The molecule has 1 N–H and O–H groups in total. The zero-order valence-electron chi connectivity index (χ0n) is 8.75. The summed E-state index contributed by atoms with van der Waals surface area (Å²) in [5.74, 6) is 1.68. The standard InChI is InChI=1S/C12H8N2O3/c1-2-5-17-11-9-4-3-8(12(15)16)6-10(9)13-7-14-11/h1,3-4,6-7H,5H2,(H,15,16). The highest BCUT2D eigenvalue weighted by Crippen LogP contribution is 2.22. The SMILES string of the molecule is C#CCOc1ncnc2cc(C(=O)O)ccc12. The molecule has 0 saturated heterocycles. The minimum absolute atomic E-state index is 0.104. The van der Waals surface area contributed by atoms with Gasteiger partial charge in [-0.1, -0.05) is 5.92 Å². The van der Waals surface area contributed by atoms with E-state index in [4.69, 9.17) is 16.3 Å². The average Bonchev–Trinajstić information content (AvgIpc) is 2.35. The lowest BCUT2D eigenvalue weighted by Crippen LogP contribution is -2.00. The molecule has 0 fully saturated rings. The molecular formula is C12H8N2O3. The average molecular weight is 228 g/mol. The fourth-order valence-corrected chi connectivity index (χ4v) is 1.39. The van der Waals surface area contributed by atoms with Crippen molar-refractivity contribution in [2.45, 2.75) is 0 Å². The molecule has 2 aromatic rings. The summed E-state index contributed by atoms with van der Waals surface area (Å²) in [6.45, 7) is 0.104. The zero-order valence-corrected chi connectivity index (χ0v) is 8.75. The fourth-order valence-electron chi connectivity index (χ4n) is 1.39. The van der Waals surface area contributed by atoms with Gasteiger partial charge < -0.3 is 9.84 Å². The molecule has 2 rings (SSSR count). The number of carbonyl (C=O) groups is 1. The molecule has 5 nitrogen and oxygen atoms in total. The first-order valence-corrected chi connectivity index (χ1v) is 4.76. The van der Waals surface area contributed by atoms with E-state index in [1.165, 1.54) is 18.5 Å². The van der Waals surface area contributed by atoms with Gasteiger partial charge in [-0.25, -0.2) is 14.8 Å². The van der Waals surface area contributed by atoms with Crippen LogP contribution in [0.5, 0.6) is 5.88 Å². The quantitative estimate of drug-likeness (QED) is 0.802. The van der Waals surface area contributed by atoms with Crippen LogP contribution < -0.4 is 4.74 Å². The van der Waals surface area contributed by atoms with Crippen molar-refractivity contribution in [1.82, 2.24) is 9.97 Å². The molecule has 0 radical (unpaired) electrons. The second-order valence-electron chi connectivity index (χ2n) is 3.21. The van der Waals surface area contributed by atoms with Crippen molar-refractivity contribution in [3.8, 4) is 18.2 Å². The topological polar surface area (TPSA) is 72.3 Å². The van der Waals surface area contributed by atoms with E-state index in [0.29, 0.717) is 16.8 Å². The molecule has 0 saturated carbocycles. The molecular weight excluding hydrogens is 220 g/mol. The van der Waals surface area contributed by atoms with Gasteiger partial charge in [-0.3, -0.25) is 0 Å². The van der Waals surface area contributed by atoms with Crippen molar-refractivity contribution < 1.29 is 14.6 Å². The number of aromatic carboxylic acids is 1. The van der Waals surface area contributed by atoms with E-state index >= 15 is 0 Å². The van der Waals surface area contributed by atoms with Crippen LogP contribution in [0.15, 0.2) is 24.5 Å². The second-order valence-corrected chi connectivity index (χ2v) is 3.21. The molecule has 0 aliphatic heterocycles. The van der Waals surface area contributed by atoms with E-state index in [2.05, 4.69) is 15.9 Å². The highest BCUT2D eigenvalue weighted by atomic mass is 16.5. The zero-order chi connectivity index (χ0) is 12.3. The van der Waals surface area contributed by atoms with Crippen molar-refractivity contribution in [2.75, 3.05) is 6.61 Å². The Morgan fingerprint density at radius 2 is 2.29 bits per heavy atom. The van der Waals surface area contributed by atoms with Gasteiger partial charge in [0, 0.05) is 0 Å². The number of carboxylic acids is 1. The van der Waals surface area contributed by atoms with Gasteiger partial charge >= 0.3 is 5.97 Å². The fraction of sp³-hybridized carbons (Fsp3) is 0.0833. The Morgan fingerprint density at radius 3 is 3.00 bits per heavy atom. The van der Waals surface area contributed by atoms with Crippen molar-refractivity contribution in [1.29, 1.82) is 0 Å². The van der Waals surface area contributed by atoms with Crippen LogP contribution in [-0.4, -0.2) is 27.7 Å². The van der Waals surface area contributed by atoms with Gasteiger partial charge in [0.25, 0.3) is 0 Å². The summed E-state index contributed by atoms with van der Waals surface area (Å²) in [4.78, 5) is 18.7. The molecule has 0 spiro atoms. The third kappa shape index (κ3) is 2.16. The second kappa shape index (κ2) is 4.49. The Labute approximate surface area is 97.1 Å². The number of benzene rings is 1. The number of nitrogens with zero attached hydrogens (tertiary/aromatic N) is 2. The maximum absolute atomic E-state index is 10.8. The maximum atomic E-state index is 10.8. The van der Waals surface area contributed by atoms with Gasteiger partial charge in [0.15, 0.2) is 6.61 Å². The first kappa shape index (κ1) is 10.9. The smallest absolute Gasteiger partial charge is 0.335 e. The van der Waals surface area contributed by atoms with E-state index in [-0.39, 0.29) is 12.2 Å². The first-order valence-electron chi connectivity index (χ1n) is 4.76. The number of ether oxygens (including phenoxy) is 1. The summed E-state index contributed by atoms with van der Waals surface area (Å²) >= 11 is 0. The first-order chi connectivity index (χ1) is 8.22. The molecule has 0 unspecified atom stereocenters. The van der Waals surface area contributed by atoms with Gasteiger partial charge in [-0.15, -0.1) is 6.42 Å². The molecule has 0 aliphatic carbocycles. The summed E-state index contributed by atoms with van der Waals surface area (Å²) in [6.07, 6.45) is 6.39. The number of fused-ring (bicyclic) bond motifs is 1. The third-order valence-electron chi connectivity index (χ3n) is 2.14. The summed E-state index contributed by atoms with van der Waals surface area (Å²) in [5, 5.41) is 9.49. The van der Waals surface area contributed by atoms with Crippen molar-refractivity contribution in [3.05, 3.63) is 30.1 Å². The number of terminal acetylenes is 1. The van der Waals surface area contributed by atoms with Crippen molar-refractivity contribution in [3.63, 3.8) is 0 Å². The van der Waals surface area contributed by atoms with Crippen LogP contribution in [-0.2, 0) is 0 Å². The van der Waals surface area contributed by atoms with Gasteiger partial charge in [0.2, 0.25) is 5.88 Å². The van der Waals surface area contributed by atoms with Gasteiger partial charge in [-0.2, -0.15) is 0 Å². The van der Waals surface area contributed by atoms with Crippen LogP contribution in [0.4, 0.5) is 0 Å². The van der Waals surface area contributed by atoms with E-state index in [9.17, 15) is 4.79 Å². The van der Waals surface area contributed by atoms with E-state index in [1.54, 1.807) is 6.07 Å². The van der Waals surface area contributed by atoms with Crippen LogP contribution in [0.1, 0.15) is 10.4 Å². The highest BCUT2D eigenvalue weighted by Gasteiger charge is 2.08. The Bertz CT molecular complexity index is 617. The van der Waals surface area contributed by atoms with Gasteiger partial charge in [-0.05, 0) is 18.2 Å². The monoisotopic (exact) mass is 228 g/mol. The summed E-state index contributed by atoms with van der Waals surface area (Å²) < 4.78 is 5.23. The summed E-state index contributed by atoms with van der Waals surface area (Å²) in [5.41, 5.74) is 0.672. The lowest BCUT2D eigenvalue weighted by Gasteiger charge is -2.05. The lowest BCUT2D eigenvalue weighted by atomic mass is 10.1. The largest absolute Gasteiger partial charge is 0.478 e. The molecule has 0 aliphatic rings. The number of hydrogen-bond acceptors (Lipinski definition) is 4. The summed E-state index contributed by atoms with van der Waals surface area (Å²) in [7, 11) is 0. The molecule has 0 amide bonds. The van der Waals surface area contributed by atoms with Crippen LogP contribution >= 0.6 is 0 Å². The van der Waals surface area contributed by atoms with Crippen LogP contribution in [0.2, 0.25) is 0 Å². The number of hydrogen-bond donors (Lipinski definition) is 1. The summed E-state index contributed by atoms with van der Waals surface area (Å²) in [6, 6.07) is 4.53. The number of carboxylic acid groups (broad SMARTS) is 1. The molecule has 0 atom stereocenters. The lowest BCUT2D eigenvalue weighted by molar-refractivity contribution is 0.0697. The normalized spacial score (nSPS) is 9.82. The Balaban J connectivity index is 2.51. The molecule has 1 heterocycles. The number of aromatic nitrogens is 2. The Kier molecular flexibility index (Phi) is 2.88. The third-order valence-corrected chi connectivity index (χ3v) is 2.14. The highest BCUT2D eigenvalue weighted by molar-refractivity contribution is 5.94. The molecule has 0 bridgehead atoms. The Morgan fingerprint density at radius 1 is 1.47 bits per heavy atom. The maximum Gasteiger partial charge on any atom is 0.335 e. The van der Waals surface area contributed by atoms with Gasteiger partial charge in [0.1, 0.15) is 6.33 Å². The van der Waals surface area contributed by atoms with E-state index in [1.807, 2.05) is 0 Å². The molecule has 5 heteroatoms. The van der Waals surface area contributed by atoms with Crippen LogP contribution in [0, 0.1) is 12.3 Å². The molecule has 1 aromatic carbocycles. The predicted molar refractivity (Wildman–Crippen MR) is 60.8 cm³/mol. The van der Waals surface area contributed by atoms with Crippen molar-refractivity contribution in [2.24, 2.45) is 0 Å². The van der Waals surface area contributed by atoms with Gasteiger partial charge in [0.05, 0.1) is 16.5 Å². The van der Waals surface area contributed by atoms with E-state index < -0.39 is 5.97 Å². The molecule has 84 valence electrons. The van der Waals surface area contributed by atoms with Crippen LogP contribution in [0.25, 0.3) is 10.9 Å². The minimum Gasteiger partial charge on any atom is -0.478 e. The van der Waals surface area contributed by atoms with Crippen LogP contribution in [0.3, 0.4) is 0 Å². The minimum atomic E-state index is -1.00. The number of rotatable bonds is 3.